The fourth-order valence-corrected chi connectivity index (χ4v) is 2.80. The SMILES string of the molecule is Nc1ccc(CC(=O)Nc2nc(-c3ccc(F)cc3)cs2)cc1. The fraction of sp³-hybridized carbons (Fsp3) is 0.0588. The van der Waals surface area contributed by atoms with Gasteiger partial charge in [-0.25, -0.2) is 9.37 Å². The van der Waals surface area contributed by atoms with E-state index in [0.29, 0.717) is 16.5 Å². The van der Waals surface area contributed by atoms with Crippen LogP contribution in [0, 0.1) is 5.82 Å². The standard InChI is InChI=1S/C17H14FN3OS/c18-13-5-3-12(4-6-13)15-10-23-17(20-15)21-16(22)9-11-1-7-14(19)8-2-11/h1-8,10H,9,19H2,(H,20,21,22). The van der Waals surface area contributed by atoms with Crippen molar-refractivity contribution in [1.82, 2.24) is 4.98 Å². The third kappa shape index (κ3) is 3.92. The second-order valence-electron chi connectivity index (χ2n) is 5.01. The molecule has 0 bridgehead atoms. The van der Waals surface area contributed by atoms with Gasteiger partial charge in [-0.15, -0.1) is 11.3 Å². The van der Waals surface area contributed by atoms with Crippen molar-refractivity contribution in [2.45, 2.75) is 6.42 Å². The van der Waals surface area contributed by atoms with E-state index in [1.165, 1.54) is 23.5 Å². The number of nitrogens with one attached hydrogen (secondary N) is 1. The second-order valence-corrected chi connectivity index (χ2v) is 5.87. The second kappa shape index (κ2) is 6.58. The molecule has 0 spiro atoms. The van der Waals surface area contributed by atoms with E-state index in [2.05, 4.69) is 10.3 Å². The lowest BCUT2D eigenvalue weighted by Crippen LogP contribution is -2.14. The highest BCUT2D eigenvalue weighted by molar-refractivity contribution is 7.14. The van der Waals surface area contributed by atoms with E-state index < -0.39 is 0 Å². The number of halogens is 1. The molecule has 3 rings (SSSR count). The highest BCUT2D eigenvalue weighted by atomic mass is 32.1. The van der Waals surface area contributed by atoms with Gasteiger partial charge >= 0.3 is 0 Å². The molecule has 3 aromatic rings. The average molecular weight is 327 g/mol. The van der Waals surface area contributed by atoms with Gasteiger partial charge < -0.3 is 11.1 Å². The van der Waals surface area contributed by atoms with E-state index in [0.717, 1.165) is 11.1 Å². The molecule has 1 aromatic heterocycles. The van der Waals surface area contributed by atoms with E-state index in [1.54, 1.807) is 24.3 Å². The maximum atomic E-state index is 12.9. The molecule has 0 saturated heterocycles. The molecule has 6 heteroatoms. The maximum Gasteiger partial charge on any atom is 0.230 e. The average Bonchev–Trinajstić information content (AvgIpc) is 2.98. The van der Waals surface area contributed by atoms with Crippen molar-refractivity contribution >= 4 is 28.1 Å². The first-order valence-electron chi connectivity index (χ1n) is 6.96. The van der Waals surface area contributed by atoms with E-state index in [4.69, 9.17) is 5.73 Å². The number of carbonyl (C=O) groups excluding carboxylic acids is 1. The molecule has 3 N–H and O–H groups in total. The molecule has 0 radical (unpaired) electrons. The van der Waals surface area contributed by atoms with Crippen LogP contribution in [0.25, 0.3) is 11.3 Å². The largest absolute Gasteiger partial charge is 0.399 e. The van der Waals surface area contributed by atoms with Crippen molar-refractivity contribution in [1.29, 1.82) is 0 Å². The number of nitrogen functional groups attached to an aromatic ring is 1. The van der Waals surface area contributed by atoms with Crippen LogP contribution in [0.2, 0.25) is 0 Å². The van der Waals surface area contributed by atoms with Gasteiger partial charge in [-0.3, -0.25) is 4.79 Å². The third-order valence-electron chi connectivity index (χ3n) is 3.23. The van der Waals surface area contributed by atoms with Crippen LogP contribution >= 0.6 is 11.3 Å². The zero-order valence-electron chi connectivity index (χ0n) is 12.1. The van der Waals surface area contributed by atoms with Crippen molar-refractivity contribution in [2.75, 3.05) is 11.1 Å². The molecule has 4 nitrogen and oxygen atoms in total. The molecule has 23 heavy (non-hydrogen) atoms. The minimum atomic E-state index is -0.291. The molecule has 1 amide bonds. The Morgan fingerprint density at radius 2 is 1.83 bits per heavy atom. The molecule has 0 unspecified atom stereocenters. The Labute approximate surface area is 136 Å². The minimum Gasteiger partial charge on any atom is -0.399 e. The first kappa shape index (κ1) is 15.2. The van der Waals surface area contributed by atoms with Gasteiger partial charge in [0.2, 0.25) is 5.91 Å². The summed E-state index contributed by atoms with van der Waals surface area (Å²) in [5.41, 5.74) is 8.68. The topological polar surface area (TPSA) is 68.0 Å². The molecule has 2 aromatic carbocycles. The predicted molar refractivity (Wildman–Crippen MR) is 90.7 cm³/mol. The Bertz CT molecular complexity index is 813. The van der Waals surface area contributed by atoms with Crippen molar-refractivity contribution < 1.29 is 9.18 Å². The normalized spacial score (nSPS) is 10.5. The number of carbonyl (C=O) groups is 1. The van der Waals surface area contributed by atoms with Crippen LogP contribution in [-0.4, -0.2) is 10.9 Å². The van der Waals surface area contributed by atoms with Crippen LogP contribution in [0.5, 0.6) is 0 Å². The number of nitrogens with two attached hydrogens (primary N) is 1. The predicted octanol–water partition coefficient (Wildman–Crippen LogP) is 3.71. The molecule has 0 saturated carbocycles. The minimum absolute atomic E-state index is 0.144. The molecule has 0 fully saturated rings. The van der Waals surface area contributed by atoms with E-state index in [-0.39, 0.29) is 18.1 Å². The fourth-order valence-electron chi connectivity index (χ4n) is 2.07. The van der Waals surface area contributed by atoms with E-state index >= 15 is 0 Å². The number of nitrogens with zero attached hydrogens (tertiary/aromatic N) is 1. The summed E-state index contributed by atoms with van der Waals surface area (Å²) in [6.45, 7) is 0. The van der Waals surface area contributed by atoms with Gasteiger partial charge in [0.25, 0.3) is 0 Å². The molecule has 0 aliphatic heterocycles. The van der Waals surface area contributed by atoms with Crippen LogP contribution in [0.4, 0.5) is 15.2 Å². The summed E-state index contributed by atoms with van der Waals surface area (Å²) in [6.07, 6.45) is 0.256. The summed E-state index contributed by atoms with van der Waals surface area (Å²) in [4.78, 5) is 16.4. The van der Waals surface area contributed by atoms with Gasteiger partial charge in [-0.1, -0.05) is 12.1 Å². The van der Waals surface area contributed by atoms with Gasteiger partial charge in [0, 0.05) is 16.6 Å². The summed E-state index contributed by atoms with van der Waals surface area (Å²) in [5, 5.41) is 5.11. The van der Waals surface area contributed by atoms with Gasteiger partial charge in [-0.05, 0) is 42.0 Å². The van der Waals surface area contributed by atoms with Crippen LogP contribution in [-0.2, 0) is 11.2 Å². The lowest BCUT2D eigenvalue weighted by molar-refractivity contribution is -0.115. The zero-order chi connectivity index (χ0) is 16.2. The molecule has 116 valence electrons. The van der Waals surface area contributed by atoms with Crippen LogP contribution in [0.1, 0.15) is 5.56 Å². The molecule has 0 atom stereocenters. The number of amides is 1. The number of hydrogen-bond acceptors (Lipinski definition) is 4. The quantitative estimate of drug-likeness (QED) is 0.718. The smallest absolute Gasteiger partial charge is 0.230 e. The van der Waals surface area contributed by atoms with Crippen LogP contribution < -0.4 is 11.1 Å². The lowest BCUT2D eigenvalue weighted by Gasteiger charge is -2.02. The van der Waals surface area contributed by atoms with E-state index in [9.17, 15) is 9.18 Å². The van der Waals surface area contributed by atoms with Crippen LogP contribution in [0.15, 0.2) is 53.9 Å². The van der Waals surface area contributed by atoms with Gasteiger partial charge in [0.15, 0.2) is 5.13 Å². The number of thiazole rings is 1. The highest BCUT2D eigenvalue weighted by Gasteiger charge is 2.09. The van der Waals surface area contributed by atoms with Gasteiger partial charge in [0.05, 0.1) is 12.1 Å². The Hall–Kier alpha value is -2.73. The van der Waals surface area contributed by atoms with Gasteiger partial charge in [-0.2, -0.15) is 0 Å². The monoisotopic (exact) mass is 327 g/mol. The summed E-state index contributed by atoms with van der Waals surface area (Å²) in [7, 11) is 0. The summed E-state index contributed by atoms with van der Waals surface area (Å²) >= 11 is 1.33. The Morgan fingerprint density at radius 1 is 1.13 bits per heavy atom. The number of anilines is 2. The molecule has 0 aliphatic carbocycles. The molecular weight excluding hydrogens is 313 g/mol. The van der Waals surface area contributed by atoms with E-state index in [1.807, 2.05) is 17.5 Å². The number of aromatic nitrogens is 1. The van der Waals surface area contributed by atoms with Crippen molar-refractivity contribution in [3.8, 4) is 11.3 Å². The molecule has 0 aliphatic rings. The lowest BCUT2D eigenvalue weighted by atomic mass is 10.1. The number of rotatable bonds is 4. The van der Waals surface area contributed by atoms with Crippen molar-refractivity contribution in [3.05, 3.63) is 65.3 Å². The Balaban J connectivity index is 1.65. The molecule has 1 heterocycles. The van der Waals surface area contributed by atoms with Gasteiger partial charge in [0.1, 0.15) is 5.82 Å². The zero-order valence-corrected chi connectivity index (χ0v) is 12.9. The Kier molecular flexibility index (Phi) is 4.34. The van der Waals surface area contributed by atoms with Crippen molar-refractivity contribution in [3.63, 3.8) is 0 Å². The summed E-state index contributed by atoms with van der Waals surface area (Å²) < 4.78 is 12.9. The maximum absolute atomic E-state index is 12.9. The highest BCUT2D eigenvalue weighted by Crippen LogP contribution is 2.25. The number of benzene rings is 2. The summed E-state index contributed by atoms with van der Waals surface area (Å²) in [5.74, 6) is -0.434. The summed E-state index contributed by atoms with van der Waals surface area (Å²) in [6, 6.07) is 13.2. The molecular formula is C17H14FN3OS. The third-order valence-corrected chi connectivity index (χ3v) is 3.99. The first-order chi connectivity index (χ1) is 11.1. The number of hydrogen-bond donors (Lipinski definition) is 2. The van der Waals surface area contributed by atoms with Crippen molar-refractivity contribution in [2.24, 2.45) is 0 Å². The first-order valence-corrected chi connectivity index (χ1v) is 7.84. The Morgan fingerprint density at radius 3 is 2.52 bits per heavy atom. The van der Waals surface area contributed by atoms with Crippen LogP contribution in [0.3, 0.4) is 0 Å².